The topological polar surface area (TPSA) is 27.7 Å². The molecule has 0 fully saturated rings. The fourth-order valence-corrected chi connectivity index (χ4v) is 3.54. The maximum absolute atomic E-state index is 6.38. The average Bonchev–Trinajstić information content (AvgIpc) is 2.71. The molecule has 3 atom stereocenters. The first-order valence-corrected chi connectivity index (χ1v) is 12.6. The van der Waals surface area contributed by atoms with E-state index in [1.807, 2.05) is 0 Å². The Labute approximate surface area is 177 Å². The zero-order valence-electron chi connectivity index (χ0n) is 20.1. The van der Waals surface area contributed by atoms with Gasteiger partial charge in [0.25, 0.3) is 0 Å². The summed E-state index contributed by atoms with van der Waals surface area (Å²) in [7, 11) is -0.510. The number of unbranched alkanes of at least 4 members (excludes halogenated alkanes) is 6. The van der Waals surface area contributed by atoms with E-state index in [1.165, 1.54) is 57.8 Å². The van der Waals surface area contributed by atoms with Crippen LogP contribution in [0.2, 0.25) is 0 Å². The second kappa shape index (κ2) is 20.2. The molecule has 0 aliphatic rings. The van der Waals surface area contributed by atoms with Gasteiger partial charge in [-0.25, -0.2) is 0 Å². The predicted molar refractivity (Wildman–Crippen MR) is 124 cm³/mol. The van der Waals surface area contributed by atoms with Gasteiger partial charge in [-0.3, -0.25) is 0 Å². The summed E-state index contributed by atoms with van der Waals surface area (Å²) in [6.07, 6.45) is 18.3. The quantitative estimate of drug-likeness (QED) is 0.144. The van der Waals surface area contributed by atoms with Crippen LogP contribution in [0.5, 0.6) is 0 Å². The zero-order valence-corrected chi connectivity index (χ0v) is 20.1. The van der Waals surface area contributed by atoms with Gasteiger partial charge in [-0.1, -0.05) is 99.3 Å². The molecule has 0 radical (unpaired) electrons. The van der Waals surface area contributed by atoms with Crippen molar-refractivity contribution < 1.29 is 14.0 Å². The lowest BCUT2D eigenvalue weighted by atomic mass is 10.0. The molecule has 4 heteroatoms. The monoisotopic (exact) mass is 398 g/mol. The fraction of sp³-hybridized carbons (Fsp3) is 1.00. The molecule has 0 aliphatic heterocycles. The first-order valence-electron chi connectivity index (χ1n) is 12.6. The summed E-state index contributed by atoms with van der Waals surface area (Å²) in [6.45, 7) is 13.4. The summed E-state index contributed by atoms with van der Waals surface area (Å²) in [5.74, 6) is 0. The van der Waals surface area contributed by atoms with Gasteiger partial charge in [0, 0.05) is 18.3 Å². The molecule has 0 heterocycles. The molecule has 0 aromatic rings. The van der Waals surface area contributed by atoms with Gasteiger partial charge in [0.2, 0.25) is 0 Å². The molecule has 0 aliphatic carbocycles. The molecule has 0 bridgehead atoms. The normalized spacial score (nSPS) is 14.8. The first-order chi connectivity index (χ1) is 13.6. The van der Waals surface area contributed by atoms with Crippen LogP contribution in [0.15, 0.2) is 0 Å². The van der Waals surface area contributed by atoms with E-state index in [9.17, 15) is 0 Å². The van der Waals surface area contributed by atoms with Crippen molar-refractivity contribution >= 4 is 7.32 Å². The van der Waals surface area contributed by atoms with E-state index in [4.69, 9.17) is 14.0 Å². The van der Waals surface area contributed by atoms with E-state index in [0.717, 1.165) is 38.5 Å². The van der Waals surface area contributed by atoms with Crippen molar-refractivity contribution in [2.45, 2.75) is 156 Å². The van der Waals surface area contributed by atoms with Crippen LogP contribution in [0.25, 0.3) is 0 Å². The minimum Gasteiger partial charge on any atom is -0.383 e. The molecule has 28 heavy (non-hydrogen) atoms. The van der Waals surface area contributed by atoms with Crippen molar-refractivity contribution in [2.75, 3.05) is 0 Å². The molecule has 0 aromatic carbocycles. The first kappa shape index (κ1) is 27.9. The Morgan fingerprint density at radius 3 is 0.964 bits per heavy atom. The van der Waals surface area contributed by atoms with E-state index >= 15 is 0 Å². The maximum Gasteiger partial charge on any atom is 0.640 e. The second-order valence-electron chi connectivity index (χ2n) is 8.28. The van der Waals surface area contributed by atoms with Crippen LogP contribution >= 0.6 is 0 Å². The van der Waals surface area contributed by atoms with Crippen LogP contribution in [-0.4, -0.2) is 25.6 Å². The smallest absolute Gasteiger partial charge is 0.383 e. The summed E-state index contributed by atoms with van der Waals surface area (Å²) in [5.41, 5.74) is 0. The van der Waals surface area contributed by atoms with Gasteiger partial charge in [0.1, 0.15) is 0 Å². The molecule has 0 spiro atoms. The summed E-state index contributed by atoms with van der Waals surface area (Å²) < 4.78 is 19.1. The molecule has 168 valence electrons. The molecule has 0 saturated carbocycles. The Morgan fingerprint density at radius 2 is 0.750 bits per heavy atom. The lowest BCUT2D eigenvalue weighted by molar-refractivity contribution is -0.00191. The highest BCUT2D eigenvalue weighted by Gasteiger charge is 2.31. The van der Waals surface area contributed by atoms with Gasteiger partial charge in [0.15, 0.2) is 0 Å². The van der Waals surface area contributed by atoms with Crippen molar-refractivity contribution in [3.63, 3.8) is 0 Å². The van der Waals surface area contributed by atoms with Crippen molar-refractivity contribution in [1.82, 2.24) is 0 Å². The standard InChI is InChI=1S/C24H51BO3/c1-7-13-16-19-22(10-4)26-25(27-23(11-5)20-17-14-8-2)28-24(12-6)21-18-15-9-3/h22-24H,7-21H2,1-6H3. The molecule has 3 unspecified atom stereocenters. The van der Waals surface area contributed by atoms with Crippen LogP contribution in [0.4, 0.5) is 0 Å². The Balaban J connectivity index is 4.84. The van der Waals surface area contributed by atoms with E-state index in [1.54, 1.807) is 0 Å². The third-order valence-electron chi connectivity index (χ3n) is 5.67. The highest BCUT2D eigenvalue weighted by Crippen LogP contribution is 2.19. The lowest BCUT2D eigenvalue weighted by Crippen LogP contribution is -2.38. The Bertz CT molecular complexity index is 267. The highest BCUT2D eigenvalue weighted by molar-refractivity contribution is 6.36. The molecule has 0 saturated heterocycles. The van der Waals surface area contributed by atoms with Gasteiger partial charge in [-0.15, -0.1) is 0 Å². The van der Waals surface area contributed by atoms with Gasteiger partial charge in [-0.05, 0) is 38.5 Å². The molecule has 3 nitrogen and oxygen atoms in total. The average molecular weight is 398 g/mol. The predicted octanol–water partition coefficient (Wildman–Crippen LogP) is 8.10. The fourth-order valence-electron chi connectivity index (χ4n) is 3.54. The van der Waals surface area contributed by atoms with Crippen LogP contribution in [0.1, 0.15) is 138 Å². The SMILES string of the molecule is CCCCCC(CC)OB(OC(CC)CCCCC)OC(CC)CCCCC. The van der Waals surface area contributed by atoms with E-state index in [0.29, 0.717) is 0 Å². The van der Waals surface area contributed by atoms with Crippen LogP contribution < -0.4 is 0 Å². The van der Waals surface area contributed by atoms with Gasteiger partial charge >= 0.3 is 7.32 Å². The van der Waals surface area contributed by atoms with Gasteiger partial charge in [-0.2, -0.15) is 0 Å². The molecular weight excluding hydrogens is 347 g/mol. The summed E-state index contributed by atoms with van der Waals surface area (Å²) in [5, 5.41) is 0. The molecule has 0 aromatic heterocycles. The summed E-state index contributed by atoms with van der Waals surface area (Å²) in [6, 6.07) is 0. The minimum absolute atomic E-state index is 0.234. The number of hydrogen-bond acceptors (Lipinski definition) is 3. The Hall–Kier alpha value is -0.0551. The molecular formula is C24H51BO3. The molecule has 0 amide bonds. The molecule has 0 N–H and O–H groups in total. The third kappa shape index (κ3) is 14.9. The second-order valence-corrected chi connectivity index (χ2v) is 8.28. The van der Waals surface area contributed by atoms with Crippen molar-refractivity contribution in [2.24, 2.45) is 0 Å². The number of rotatable bonds is 21. The third-order valence-corrected chi connectivity index (χ3v) is 5.67. The van der Waals surface area contributed by atoms with Crippen molar-refractivity contribution in [3.8, 4) is 0 Å². The Kier molecular flexibility index (Phi) is 20.2. The summed E-state index contributed by atoms with van der Waals surface area (Å²) >= 11 is 0. The van der Waals surface area contributed by atoms with Crippen LogP contribution in [-0.2, 0) is 14.0 Å². The van der Waals surface area contributed by atoms with Gasteiger partial charge in [0.05, 0.1) is 0 Å². The number of hydrogen-bond donors (Lipinski definition) is 0. The zero-order chi connectivity index (χ0) is 21.0. The Morgan fingerprint density at radius 1 is 0.464 bits per heavy atom. The van der Waals surface area contributed by atoms with Crippen molar-refractivity contribution in [3.05, 3.63) is 0 Å². The minimum atomic E-state index is -0.510. The van der Waals surface area contributed by atoms with E-state index in [2.05, 4.69) is 41.5 Å². The summed E-state index contributed by atoms with van der Waals surface area (Å²) in [4.78, 5) is 0. The van der Waals surface area contributed by atoms with Crippen molar-refractivity contribution in [1.29, 1.82) is 0 Å². The van der Waals surface area contributed by atoms with Crippen LogP contribution in [0.3, 0.4) is 0 Å². The van der Waals surface area contributed by atoms with E-state index < -0.39 is 7.32 Å². The maximum atomic E-state index is 6.38. The van der Waals surface area contributed by atoms with E-state index in [-0.39, 0.29) is 18.3 Å². The van der Waals surface area contributed by atoms with Crippen LogP contribution in [0, 0.1) is 0 Å². The highest BCUT2D eigenvalue weighted by atomic mass is 16.7. The lowest BCUT2D eigenvalue weighted by Gasteiger charge is -2.28. The van der Waals surface area contributed by atoms with Gasteiger partial charge < -0.3 is 14.0 Å². The molecule has 0 rings (SSSR count). The largest absolute Gasteiger partial charge is 0.640 e.